The molecule has 1 atom stereocenters. The molecule has 7 heteroatoms. The fraction of sp³-hybridized carbons (Fsp3) is 0.133. The summed E-state index contributed by atoms with van der Waals surface area (Å²) in [6.07, 6.45) is 0. The molecule has 3 rings (SSSR count). The van der Waals surface area contributed by atoms with Crippen molar-refractivity contribution in [3.05, 3.63) is 54.3 Å². The van der Waals surface area contributed by atoms with E-state index in [9.17, 15) is 12.8 Å². The molecule has 0 fully saturated rings. The fourth-order valence-corrected chi connectivity index (χ4v) is 3.97. The van der Waals surface area contributed by atoms with Crippen molar-refractivity contribution in [3.8, 4) is 0 Å². The van der Waals surface area contributed by atoms with Crippen LogP contribution < -0.4 is 10.0 Å². The molecule has 2 N–H and O–H groups in total. The Morgan fingerprint density at radius 2 is 1.77 bits per heavy atom. The predicted molar refractivity (Wildman–Crippen MR) is 83.3 cm³/mol. The molecule has 2 aromatic carbocycles. The number of anilines is 1. The summed E-state index contributed by atoms with van der Waals surface area (Å²) in [6.45, 7) is 1.65. The van der Waals surface area contributed by atoms with Gasteiger partial charge in [-0.1, -0.05) is 12.1 Å². The lowest BCUT2D eigenvalue weighted by Crippen LogP contribution is -2.47. The summed E-state index contributed by atoms with van der Waals surface area (Å²) in [6, 6.07) is 11.0. The Labute approximate surface area is 127 Å². The molecule has 0 saturated carbocycles. The highest BCUT2D eigenvalue weighted by Crippen LogP contribution is 2.35. The highest BCUT2D eigenvalue weighted by Gasteiger charge is 2.36. The van der Waals surface area contributed by atoms with Crippen molar-refractivity contribution in [1.82, 2.24) is 0 Å². The molecule has 22 heavy (non-hydrogen) atoms. The van der Waals surface area contributed by atoms with Crippen molar-refractivity contribution in [1.29, 1.82) is 0 Å². The quantitative estimate of drug-likeness (QED) is 0.923. The number of rotatable bonds is 2. The zero-order chi connectivity index (χ0) is 15.9. The van der Waals surface area contributed by atoms with Crippen molar-refractivity contribution in [2.45, 2.75) is 17.9 Å². The second-order valence-corrected chi connectivity index (χ2v) is 6.73. The summed E-state index contributed by atoms with van der Waals surface area (Å²) in [4.78, 5) is 4.47. The van der Waals surface area contributed by atoms with Crippen molar-refractivity contribution in [3.63, 3.8) is 0 Å². The first-order valence-electron chi connectivity index (χ1n) is 6.65. The summed E-state index contributed by atoms with van der Waals surface area (Å²) < 4.78 is 40.0. The maximum Gasteiger partial charge on any atom is 0.271 e. The van der Waals surface area contributed by atoms with E-state index in [1.54, 1.807) is 25.1 Å². The van der Waals surface area contributed by atoms with Crippen LogP contribution in [0.4, 0.5) is 15.8 Å². The molecule has 0 radical (unpaired) electrons. The summed E-state index contributed by atoms with van der Waals surface area (Å²) in [5.74, 6) is -0.247. The number of aliphatic imine (C=N–C) groups is 1. The fourth-order valence-electron chi connectivity index (χ4n) is 2.29. The van der Waals surface area contributed by atoms with Gasteiger partial charge in [0.05, 0.1) is 17.4 Å². The average Bonchev–Trinajstić information content (AvgIpc) is 2.48. The van der Waals surface area contributed by atoms with E-state index in [-0.39, 0.29) is 10.7 Å². The zero-order valence-electron chi connectivity index (χ0n) is 11.8. The number of nitrogens with zero attached hydrogens (tertiary/aromatic N) is 2. The smallest absolute Gasteiger partial charge is 0.271 e. The molecule has 114 valence electrons. The van der Waals surface area contributed by atoms with E-state index in [1.807, 2.05) is 0 Å². The Balaban J connectivity index is 2.26. The highest BCUT2D eigenvalue weighted by molar-refractivity contribution is 7.93. The lowest BCUT2D eigenvalue weighted by atomic mass is 10.2. The van der Waals surface area contributed by atoms with Gasteiger partial charge in [0, 0.05) is 0 Å². The molecule has 0 amide bonds. The number of fused-ring (bicyclic) bond motifs is 1. The van der Waals surface area contributed by atoms with Crippen LogP contribution >= 0.6 is 0 Å². The minimum absolute atomic E-state index is 0.101. The van der Waals surface area contributed by atoms with Gasteiger partial charge in [-0.25, -0.2) is 22.1 Å². The Morgan fingerprint density at radius 1 is 1.14 bits per heavy atom. The number of sulfonamides is 1. The lowest BCUT2D eigenvalue weighted by molar-refractivity contribution is 0.595. The molecule has 1 heterocycles. The number of amidine groups is 1. The largest absolute Gasteiger partial charge is 0.322 e. The highest BCUT2D eigenvalue weighted by atomic mass is 32.2. The lowest BCUT2D eigenvalue weighted by Gasteiger charge is -2.31. The average molecular weight is 319 g/mol. The molecule has 1 unspecified atom stereocenters. The molecule has 0 aliphatic carbocycles. The SMILES string of the molecule is CC(N)C1=Nc2ccccc2S(=O)(=O)N1c1ccc(F)cc1. The summed E-state index contributed by atoms with van der Waals surface area (Å²) in [7, 11) is -3.84. The minimum atomic E-state index is -3.84. The monoisotopic (exact) mass is 319 g/mol. The number of benzene rings is 2. The van der Waals surface area contributed by atoms with E-state index in [4.69, 9.17) is 5.73 Å². The topological polar surface area (TPSA) is 75.8 Å². The van der Waals surface area contributed by atoms with Gasteiger partial charge in [0.1, 0.15) is 16.5 Å². The van der Waals surface area contributed by atoms with E-state index in [0.29, 0.717) is 11.4 Å². The Morgan fingerprint density at radius 3 is 2.41 bits per heavy atom. The van der Waals surface area contributed by atoms with Crippen LogP contribution in [0.15, 0.2) is 58.4 Å². The van der Waals surface area contributed by atoms with E-state index >= 15 is 0 Å². The third-order valence-electron chi connectivity index (χ3n) is 3.30. The summed E-state index contributed by atoms with van der Waals surface area (Å²) >= 11 is 0. The Bertz CT molecular complexity index is 845. The van der Waals surface area contributed by atoms with Crippen molar-refractivity contribution >= 4 is 27.2 Å². The second kappa shape index (κ2) is 5.19. The van der Waals surface area contributed by atoms with Crippen LogP contribution in [-0.2, 0) is 10.0 Å². The van der Waals surface area contributed by atoms with Gasteiger partial charge in [-0.15, -0.1) is 0 Å². The van der Waals surface area contributed by atoms with Crippen LogP contribution in [0, 0.1) is 5.82 Å². The number of para-hydroxylation sites is 1. The van der Waals surface area contributed by atoms with Crippen LogP contribution in [0.2, 0.25) is 0 Å². The molecule has 0 spiro atoms. The number of halogens is 1. The summed E-state index contributed by atoms with van der Waals surface area (Å²) in [5.41, 5.74) is 6.54. The number of nitrogens with two attached hydrogens (primary N) is 1. The molecule has 1 aliphatic heterocycles. The van der Waals surface area contributed by atoms with Gasteiger partial charge in [-0.2, -0.15) is 0 Å². The zero-order valence-corrected chi connectivity index (χ0v) is 12.6. The normalized spacial score (nSPS) is 17.6. The predicted octanol–water partition coefficient (Wildman–Crippen LogP) is 2.41. The van der Waals surface area contributed by atoms with E-state index in [1.165, 1.54) is 30.3 Å². The van der Waals surface area contributed by atoms with Gasteiger partial charge in [-0.05, 0) is 43.3 Å². The molecule has 5 nitrogen and oxygen atoms in total. The second-order valence-electron chi connectivity index (χ2n) is 4.97. The number of hydrogen-bond acceptors (Lipinski definition) is 4. The molecule has 0 saturated heterocycles. The van der Waals surface area contributed by atoms with Gasteiger partial charge in [0.25, 0.3) is 10.0 Å². The first kappa shape index (κ1) is 14.7. The Hall–Kier alpha value is -2.25. The molecule has 0 aromatic heterocycles. The molecule has 0 bridgehead atoms. The molecular weight excluding hydrogens is 305 g/mol. The van der Waals surface area contributed by atoms with E-state index < -0.39 is 21.9 Å². The maximum absolute atomic E-state index is 13.1. The van der Waals surface area contributed by atoms with Gasteiger partial charge in [0.2, 0.25) is 0 Å². The van der Waals surface area contributed by atoms with Crippen LogP contribution in [0.25, 0.3) is 0 Å². The van der Waals surface area contributed by atoms with Crippen molar-refractivity contribution < 1.29 is 12.8 Å². The number of hydrogen-bond donors (Lipinski definition) is 1. The van der Waals surface area contributed by atoms with Crippen LogP contribution in [0.1, 0.15) is 6.92 Å². The Kier molecular flexibility index (Phi) is 3.46. The van der Waals surface area contributed by atoms with Crippen LogP contribution in [0.5, 0.6) is 0 Å². The van der Waals surface area contributed by atoms with Gasteiger partial charge in [-0.3, -0.25) is 0 Å². The van der Waals surface area contributed by atoms with Gasteiger partial charge in [0.15, 0.2) is 0 Å². The summed E-state index contributed by atoms with van der Waals surface area (Å²) in [5, 5.41) is 0. The molecule has 2 aromatic rings. The van der Waals surface area contributed by atoms with Crippen molar-refractivity contribution in [2.75, 3.05) is 4.31 Å². The standard InChI is InChI=1S/C15H14FN3O2S/c1-10(17)15-18-13-4-2-3-5-14(13)22(20,21)19(15)12-8-6-11(16)7-9-12/h2-10H,17H2,1H3. The molecular formula is C15H14FN3O2S. The van der Waals surface area contributed by atoms with E-state index in [2.05, 4.69) is 4.99 Å². The minimum Gasteiger partial charge on any atom is -0.322 e. The first-order chi connectivity index (χ1) is 10.4. The van der Waals surface area contributed by atoms with Gasteiger partial charge < -0.3 is 5.73 Å². The van der Waals surface area contributed by atoms with Crippen LogP contribution in [0.3, 0.4) is 0 Å². The van der Waals surface area contributed by atoms with Gasteiger partial charge >= 0.3 is 0 Å². The third kappa shape index (κ3) is 2.28. The maximum atomic E-state index is 13.1. The first-order valence-corrected chi connectivity index (χ1v) is 8.09. The van der Waals surface area contributed by atoms with E-state index in [0.717, 1.165) is 4.31 Å². The van der Waals surface area contributed by atoms with Crippen molar-refractivity contribution in [2.24, 2.45) is 10.7 Å². The van der Waals surface area contributed by atoms with Crippen LogP contribution in [-0.4, -0.2) is 20.3 Å². The third-order valence-corrected chi connectivity index (χ3v) is 5.07. The molecule has 1 aliphatic rings.